The molecule has 164 valence electrons. The molecule has 1 aliphatic carbocycles. The summed E-state index contributed by atoms with van der Waals surface area (Å²) in [7, 11) is 3.39. The summed E-state index contributed by atoms with van der Waals surface area (Å²) in [5.74, 6) is 0.813. The van der Waals surface area contributed by atoms with Crippen molar-refractivity contribution in [2.75, 3.05) is 14.2 Å². The first-order chi connectivity index (χ1) is 15.7. The number of ether oxygens (including phenoxy) is 2. The Labute approximate surface area is 194 Å². The molecule has 0 bridgehead atoms. The topological polar surface area (TPSA) is 36.3 Å². The van der Waals surface area contributed by atoms with Crippen molar-refractivity contribution in [2.24, 2.45) is 0 Å². The maximum absolute atomic E-state index is 6.97. The molecule has 1 aromatic heterocycles. The van der Waals surface area contributed by atoms with Crippen molar-refractivity contribution in [1.29, 1.82) is 0 Å². The summed E-state index contributed by atoms with van der Waals surface area (Å²) >= 11 is 6.97. The number of aromatic nitrogens is 2. The summed E-state index contributed by atoms with van der Waals surface area (Å²) in [6.45, 7) is 0. The van der Waals surface area contributed by atoms with E-state index in [9.17, 15) is 0 Å². The van der Waals surface area contributed by atoms with Gasteiger partial charge in [0.1, 0.15) is 11.4 Å². The number of allylic oxidation sites excluding steroid dienone is 3. The van der Waals surface area contributed by atoms with Crippen molar-refractivity contribution in [3.8, 4) is 17.0 Å². The number of fused-ring (bicyclic) bond motifs is 1. The van der Waals surface area contributed by atoms with E-state index in [2.05, 4.69) is 30.3 Å². The third kappa shape index (κ3) is 3.68. The van der Waals surface area contributed by atoms with Crippen molar-refractivity contribution in [3.63, 3.8) is 0 Å². The van der Waals surface area contributed by atoms with Gasteiger partial charge in [0.15, 0.2) is 6.23 Å². The summed E-state index contributed by atoms with van der Waals surface area (Å²) in [6, 6.07) is 18.4. The van der Waals surface area contributed by atoms with Gasteiger partial charge in [0.25, 0.3) is 0 Å². The number of halogens is 1. The predicted molar refractivity (Wildman–Crippen MR) is 130 cm³/mol. The molecule has 0 amide bonds. The number of hydrogen-bond acceptors (Lipinski definition) is 3. The fraction of sp³-hybridized carbons (Fsp3) is 0.296. The van der Waals surface area contributed by atoms with Gasteiger partial charge >= 0.3 is 0 Å². The number of methoxy groups -OCH3 is 2. The molecule has 0 N–H and O–H groups in total. The lowest BCUT2D eigenvalue weighted by Gasteiger charge is -2.28. The van der Waals surface area contributed by atoms with E-state index >= 15 is 0 Å². The molecule has 2 aromatic carbocycles. The largest absolute Gasteiger partial charge is 0.497 e. The zero-order chi connectivity index (χ0) is 22.1. The van der Waals surface area contributed by atoms with Gasteiger partial charge in [-0.15, -0.1) is 0 Å². The van der Waals surface area contributed by atoms with Crippen LogP contribution in [0.2, 0.25) is 0 Å². The summed E-state index contributed by atoms with van der Waals surface area (Å²) in [4.78, 5) is 0. The van der Waals surface area contributed by atoms with E-state index in [1.165, 1.54) is 24.0 Å². The quantitative estimate of drug-likeness (QED) is 0.429. The summed E-state index contributed by atoms with van der Waals surface area (Å²) < 4.78 is 13.4. The Hall–Kier alpha value is -2.82. The number of hydrogen-bond donors (Lipinski definition) is 0. The molecule has 3 aromatic rings. The Balaban J connectivity index is 1.67. The highest BCUT2D eigenvalue weighted by molar-refractivity contribution is 6.33. The van der Waals surface area contributed by atoms with E-state index < -0.39 is 0 Å². The van der Waals surface area contributed by atoms with Crippen LogP contribution in [0.5, 0.6) is 5.75 Å². The molecule has 1 atom stereocenters. The Morgan fingerprint density at radius 1 is 0.969 bits per heavy atom. The van der Waals surface area contributed by atoms with Crippen LogP contribution >= 0.6 is 11.6 Å². The van der Waals surface area contributed by atoms with E-state index in [1.54, 1.807) is 14.2 Å². The molecule has 0 saturated heterocycles. The highest BCUT2D eigenvalue weighted by Gasteiger charge is 2.34. The van der Waals surface area contributed by atoms with E-state index in [0.717, 1.165) is 51.7 Å². The smallest absolute Gasteiger partial charge is 0.177 e. The number of benzene rings is 2. The summed E-state index contributed by atoms with van der Waals surface area (Å²) in [5, 5.41) is 5.92. The minimum atomic E-state index is -0.389. The maximum atomic E-state index is 6.97. The van der Waals surface area contributed by atoms with Crippen molar-refractivity contribution >= 4 is 22.7 Å². The van der Waals surface area contributed by atoms with Gasteiger partial charge in [-0.3, -0.25) is 0 Å². The molecule has 2 aliphatic rings. The lowest BCUT2D eigenvalue weighted by Crippen LogP contribution is -2.23. The lowest BCUT2D eigenvalue weighted by atomic mass is 9.88. The molecule has 0 spiro atoms. The fourth-order valence-electron chi connectivity index (χ4n) is 4.82. The first-order valence-corrected chi connectivity index (χ1v) is 11.5. The molecule has 1 unspecified atom stereocenters. The second-order valence-corrected chi connectivity index (χ2v) is 8.72. The molecule has 0 saturated carbocycles. The molecule has 1 aliphatic heterocycles. The third-order valence-electron chi connectivity index (χ3n) is 6.38. The SMILES string of the molecule is COc1ccc(C2=C(Cl)Cc3c(C4=CCCCC4)c(-c4ccccc4)nn3C2OC)cc1. The van der Waals surface area contributed by atoms with Crippen molar-refractivity contribution in [1.82, 2.24) is 9.78 Å². The van der Waals surface area contributed by atoms with Crippen LogP contribution in [0.4, 0.5) is 0 Å². The van der Waals surface area contributed by atoms with Gasteiger partial charge in [-0.05, 0) is 49.0 Å². The standard InChI is InChI=1S/C27H27ClN2O2/c1-31-21-15-13-19(14-16-21)24-22(28)17-23-25(18-9-5-3-6-10-18)26(20-11-7-4-8-12-20)29-30(23)27(24)32-2/h4,7-9,11-16,27H,3,5-6,10,17H2,1-2H3. The van der Waals surface area contributed by atoms with Gasteiger partial charge < -0.3 is 9.47 Å². The Kier molecular flexibility index (Phi) is 5.90. The van der Waals surface area contributed by atoms with Gasteiger partial charge in [-0.2, -0.15) is 5.10 Å². The average molecular weight is 447 g/mol. The Morgan fingerprint density at radius 2 is 1.75 bits per heavy atom. The second-order valence-electron chi connectivity index (χ2n) is 8.27. The van der Waals surface area contributed by atoms with Crippen LogP contribution in [0, 0.1) is 0 Å². The van der Waals surface area contributed by atoms with Crippen LogP contribution in [0.3, 0.4) is 0 Å². The molecule has 4 nitrogen and oxygen atoms in total. The molecule has 0 fully saturated rings. The minimum Gasteiger partial charge on any atom is -0.497 e. The number of rotatable bonds is 5. The van der Waals surface area contributed by atoms with Crippen molar-refractivity contribution < 1.29 is 9.47 Å². The van der Waals surface area contributed by atoms with E-state index in [1.807, 2.05) is 35.0 Å². The summed E-state index contributed by atoms with van der Waals surface area (Å²) in [6.07, 6.45) is 7.27. The fourth-order valence-corrected chi connectivity index (χ4v) is 5.15. The van der Waals surface area contributed by atoms with Crippen LogP contribution in [-0.2, 0) is 11.2 Å². The van der Waals surface area contributed by atoms with E-state index in [4.69, 9.17) is 26.2 Å². The lowest BCUT2D eigenvalue weighted by molar-refractivity contribution is 0.0783. The van der Waals surface area contributed by atoms with Gasteiger partial charge in [0.05, 0.1) is 12.8 Å². The highest BCUT2D eigenvalue weighted by Crippen LogP contribution is 2.45. The van der Waals surface area contributed by atoms with Crippen molar-refractivity contribution in [3.05, 3.63) is 82.5 Å². The Bertz CT molecular complexity index is 1180. The third-order valence-corrected chi connectivity index (χ3v) is 6.71. The van der Waals surface area contributed by atoms with E-state index in [0.29, 0.717) is 6.42 Å². The van der Waals surface area contributed by atoms with Crippen molar-refractivity contribution in [2.45, 2.75) is 38.3 Å². The van der Waals surface area contributed by atoms with Crippen LogP contribution in [0.25, 0.3) is 22.4 Å². The molecule has 0 radical (unpaired) electrons. The Morgan fingerprint density at radius 3 is 2.41 bits per heavy atom. The molecule has 2 heterocycles. The maximum Gasteiger partial charge on any atom is 0.177 e. The van der Waals surface area contributed by atoms with Crippen LogP contribution in [0.15, 0.2) is 65.7 Å². The zero-order valence-corrected chi connectivity index (χ0v) is 19.2. The van der Waals surface area contributed by atoms with Gasteiger partial charge in [-0.25, -0.2) is 4.68 Å². The normalized spacial score (nSPS) is 18.3. The zero-order valence-electron chi connectivity index (χ0n) is 18.5. The van der Waals surface area contributed by atoms with Gasteiger partial charge in [0.2, 0.25) is 0 Å². The van der Waals surface area contributed by atoms with Gasteiger partial charge in [0, 0.05) is 35.3 Å². The highest BCUT2D eigenvalue weighted by atomic mass is 35.5. The first kappa shape index (κ1) is 21.0. The average Bonchev–Trinajstić information content (AvgIpc) is 3.23. The minimum absolute atomic E-state index is 0.389. The molecule has 5 rings (SSSR count). The molecular formula is C27H27ClN2O2. The first-order valence-electron chi connectivity index (χ1n) is 11.1. The van der Waals surface area contributed by atoms with Crippen LogP contribution < -0.4 is 4.74 Å². The molecule has 5 heteroatoms. The predicted octanol–water partition coefficient (Wildman–Crippen LogP) is 6.87. The van der Waals surface area contributed by atoms with Crippen LogP contribution in [-0.4, -0.2) is 24.0 Å². The number of nitrogens with zero attached hydrogens (tertiary/aromatic N) is 2. The molecular weight excluding hydrogens is 420 g/mol. The van der Waals surface area contributed by atoms with Gasteiger partial charge in [-0.1, -0.05) is 60.1 Å². The monoisotopic (exact) mass is 446 g/mol. The van der Waals surface area contributed by atoms with E-state index in [-0.39, 0.29) is 6.23 Å². The second kappa shape index (κ2) is 8.97. The molecule has 32 heavy (non-hydrogen) atoms. The van der Waals surface area contributed by atoms with Crippen LogP contribution in [0.1, 0.15) is 48.7 Å². The summed E-state index contributed by atoms with van der Waals surface area (Å²) in [5.41, 5.74) is 7.84.